The zero-order valence-corrected chi connectivity index (χ0v) is 22.0. The van der Waals surface area contributed by atoms with Crippen molar-refractivity contribution < 1.29 is 33.7 Å². The summed E-state index contributed by atoms with van der Waals surface area (Å²) >= 11 is 0. The minimum atomic E-state index is -0.680. The molecule has 0 heterocycles. The first-order chi connectivity index (χ1) is 16.3. The lowest BCUT2D eigenvalue weighted by Gasteiger charge is -2.25. The summed E-state index contributed by atoms with van der Waals surface area (Å²) in [5.74, 6) is -0.892. The zero-order valence-electron chi connectivity index (χ0n) is 22.0. The van der Waals surface area contributed by atoms with E-state index in [2.05, 4.69) is 11.7 Å². The summed E-state index contributed by atoms with van der Waals surface area (Å²) in [4.78, 5) is 36.2. The normalized spacial score (nSPS) is 12.9. The van der Waals surface area contributed by atoms with Gasteiger partial charge in [-0.2, -0.15) is 0 Å². The van der Waals surface area contributed by atoms with Crippen molar-refractivity contribution in [3.63, 3.8) is 0 Å². The highest BCUT2D eigenvalue weighted by Gasteiger charge is 2.23. The van der Waals surface area contributed by atoms with Crippen LogP contribution in [0.5, 0.6) is 0 Å². The maximum Gasteiger partial charge on any atom is 0.320 e. The van der Waals surface area contributed by atoms with E-state index in [4.69, 9.17) is 9.47 Å². The highest BCUT2D eigenvalue weighted by atomic mass is 16.6. The quantitative estimate of drug-likeness (QED) is 0.136. The smallest absolute Gasteiger partial charge is 0.320 e. The van der Waals surface area contributed by atoms with Crippen LogP contribution in [-0.4, -0.2) is 74.0 Å². The minimum Gasteiger partial charge on any atom is -0.469 e. The van der Waals surface area contributed by atoms with Crippen molar-refractivity contribution in [2.45, 2.75) is 116 Å². The van der Waals surface area contributed by atoms with Crippen molar-refractivity contribution in [1.82, 2.24) is 4.90 Å². The number of ether oxygens (including phenoxy) is 3. The van der Waals surface area contributed by atoms with Crippen molar-refractivity contribution in [2.75, 3.05) is 33.9 Å². The van der Waals surface area contributed by atoms with Crippen molar-refractivity contribution in [3.05, 3.63) is 0 Å². The fourth-order valence-electron chi connectivity index (χ4n) is 3.75. The molecule has 0 bridgehead atoms. The van der Waals surface area contributed by atoms with E-state index < -0.39 is 12.2 Å². The molecule has 0 fully saturated rings. The molecule has 2 unspecified atom stereocenters. The van der Waals surface area contributed by atoms with Crippen LogP contribution in [0.3, 0.4) is 0 Å². The predicted molar refractivity (Wildman–Crippen MR) is 132 cm³/mol. The van der Waals surface area contributed by atoms with Gasteiger partial charge >= 0.3 is 17.9 Å². The lowest BCUT2D eigenvalue weighted by atomic mass is 9.99. The van der Waals surface area contributed by atoms with Gasteiger partial charge in [0.2, 0.25) is 0 Å². The van der Waals surface area contributed by atoms with Gasteiger partial charge in [0.15, 0.2) is 0 Å². The molecule has 0 rings (SSSR count). The standard InChI is InChI=1S/C26H49NO7/c1-5-6-7-8-11-14-17-24(34-26(31)21-27(3)19-20-33-22(2)28)23(29)16-13-10-9-12-15-18-25(30)32-4/h23-24,29H,5-21H2,1-4H3. The summed E-state index contributed by atoms with van der Waals surface area (Å²) in [5.41, 5.74) is 0. The van der Waals surface area contributed by atoms with E-state index in [9.17, 15) is 19.5 Å². The van der Waals surface area contributed by atoms with Gasteiger partial charge in [-0.05, 0) is 32.7 Å². The van der Waals surface area contributed by atoms with Gasteiger partial charge in [-0.15, -0.1) is 0 Å². The Hall–Kier alpha value is -1.67. The van der Waals surface area contributed by atoms with E-state index in [-0.39, 0.29) is 31.1 Å². The number of rotatable bonds is 22. The van der Waals surface area contributed by atoms with E-state index in [1.165, 1.54) is 33.3 Å². The number of hydrogen-bond acceptors (Lipinski definition) is 8. The number of carbonyl (C=O) groups excluding carboxylic acids is 3. The van der Waals surface area contributed by atoms with Gasteiger partial charge in [0, 0.05) is 19.9 Å². The Kier molecular flexibility index (Phi) is 20.8. The van der Waals surface area contributed by atoms with Gasteiger partial charge in [0.25, 0.3) is 0 Å². The molecule has 0 amide bonds. The highest BCUT2D eigenvalue weighted by molar-refractivity contribution is 5.72. The van der Waals surface area contributed by atoms with E-state index >= 15 is 0 Å². The number of hydrogen-bond donors (Lipinski definition) is 1. The highest BCUT2D eigenvalue weighted by Crippen LogP contribution is 2.18. The summed E-state index contributed by atoms with van der Waals surface area (Å²) in [6.07, 6.45) is 11.9. The molecule has 0 aliphatic heterocycles. The number of carbonyl (C=O) groups is 3. The third-order valence-corrected chi connectivity index (χ3v) is 5.84. The van der Waals surface area contributed by atoms with E-state index in [0.717, 1.165) is 51.4 Å². The molecule has 0 radical (unpaired) electrons. The second-order valence-electron chi connectivity index (χ2n) is 9.11. The molecule has 200 valence electrons. The Bertz CT molecular complexity index is 541. The SMILES string of the molecule is CCCCCCCCC(OC(=O)CN(C)CCOC(C)=O)C(O)CCCCCCCC(=O)OC. The van der Waals surface area contributed by atoms with Crippen LogP contribution in [0.25, 0.3) is 0 Å². The Morgan fingerprint density at radius 3 is 2.06 bits per heavy atom. The first-order valence-electron chi connectivity index (χ1n) is 13.1. The van der Waals surface area contributed by atoms with E-state index in [0.29, 0.717) is 25.8 Å². The lowest BCUT2D eigenvalue weighted by molar-refractivity contribution is -0.157. The van der Waals surface area contributed by atoms with Crippen molar-refractivity contribution in [3.8, 4) is 0 Å². The molecule has 0 aliphatic carbocycles. The molecule has 8 nitrogen and oxygen atoms in total. The van der Waals surface area contributed by atoms with Gasteiger partial charge < -0.3 is 19.3 Å². The molecular weight excluding hydrogens is 438 g/mol. The van der Waals surface area contributed by atoms with Crippen LogP contribution in [0.15, 0.2) is 0 Å². The van der Waals surface area contributed by atoms with Crippen LogP contribution in [-0.2, 0) is 28.6 Å². The summed E-state index contributed by atoms with van der Waals surface area (Å²) in [6, 6.07) is 0. The van der Waals surface area contributed by atoms with Gasteiger partial charge in [0.05, 0.1) is 19.8 Å². The van der Waals surface area contributed by atoms with Crippen LogP contribution in [0.4, 0.5) is 0 Å². The molecule has 0 aromatic rings. The molecule has 0 aromatic heterocycles. The maximum atomic E-state index is 12.4. The molecule has 0 spiro atoms. The third kappa shape index (κ3) is 19.8. The lowest BCUT2D eigenvalue weighted by Crippen LogP contribution is -2.36. The molecule has 0 saturated carbocycles. The molecule has 1 N–H and O–H groups in total. The van der Waals surface area contributed by atoms with E-state index in [1.54, 1.807) is 11.9 Å². The number of likely N-dealkylation sites (N-methyl/N-ethyl adjacent to an activating group) is 1. The van der Waals surface area contributed by atoms with Gasteiger partial charge in [-0.25, -0.2) is 0 Å². The average Bonchev–Trinajstić information content (AvgIpc) is 2.79. The van der Waals surface area contributed by atoms with Crippen LogP contribution < -0.4 is 0 Å². The third-order valence-electron chi connectivity index (χ3n) is 5.84. The number of nitrogens with zero attached hydrogens (tertiary/aromatic N) is 1. The molecule has 0 saturated heterocycles. The van der Waals surface area contributed by atoms with Crippen molar-refractivity contribution in [1.29, 1.82) is 0 Å². The summed E-state index contributed by atoms with van der Waals surface area (Å²) in [5, 5.41) is 10.7. The number of unbranched alkanes of at least 4 members (excludes halogenated alkanes) is 9. The Morgan fingerprint density at radius 1 is 0.853 bits per heavy atom. The number of aliphatic hydroxyl groups is 1. The zero-order chi connectivity index (χ0) is 25.6. The molecule has 0 aromatic carbocycles. The monoisotopic (exact) mass is 487 g/mol. The first kappa shape index (κ1) is 32.3. The second-order valence-corrected chi connectivity index (χ2v) is 9.11. The summed E-state index contributed by atoms with van der Waals surface area (Å²) in [7, 11) is 3.17. The van der Waals surface area contributed by atoms with Crippen LogP contribution in [0.2, 0.25) is 0 Å². The molecule has 34 heavy (non-hydrogen) atoms. The molecule has 8 heteroatoms. The largest absolute Gasteiger partial charge is 0.469 e. The molecular formula is C26H49NO7. The number of methoxy groups -OCH3 is 1. The second kappa shape index (κ2) is 21.8. The Labute approximate surface area is 206 Å². The topological polar surface area (TPSA) is 102 Å². The fraction of sp³-hybridized carbons (Fsp3) is 0.885. The van der Waals surface area contributed by atoms with Crippen molar-refractivity contribution >= 4 is 17.9 Å². The molecule has 0 aliphatic rings. The minimum absolute atomic E-state index is 0.0845. The summed E-state index contributed by atoms with van der Waals surface area (Å²) < 4.78 is 15.2. The first-order valence-corrected chi connectivity index (χ1v) is 13.1. The number of esters is 3. The van der Waals surface area contributed by atoms with Crippen molar-refractivity contribution in [2.24, 2.45) is 0 Å². The Balaban J connectivity index is 4.41. The van der Waals surface area contributed by atoms with Crippen LogP contribution >= 0.6 is 0 Å². The van der Waals surface area contributed by atoms with Gasteiger partial charge in [-0.3, -0.25) is 19.3 Å². The van der Waals surface area contributed by atoms with Crippen LogP contribution in [0, 0.1) is 0 Å². The Morgan fingerprint density at radius 2 is 1.44 bits per heavy atom. The predicted octanol–water partition coefficient (Wildman–Crippen LogP) is 4.41. The maximum absolute atomic E-state index is 12.4. The van der Waals surface area contributed by atoms with Gasteiger partial charge in [0.1, 0.15) is 12.7 Å². The van der Waals surface area contributed by atoms with E-state index in [1.807, 2.05) is 0 Å². The number of aliphatic hydroxyl groups excluding tert-OH is 1. The van der Waals surface area contributed by atoms with Crippen LogP contribution in [0.1, 0.15) is 104 Å². The fourth-order valence-corrected chi connectivity index (χ4v) is 3.75. The summed E-state index contributed by atoms with van der Waals surface area (Å²) in [6.45, 7) is 4.29. The van der Waals surface area contributed by atoms with Gasteiger partial charge in [-0.1, -0.05) is 64.7 Å². The molecule has 2 atom stereocenters. The average molecular weight is 488 g/mol.